The normalized spacial score (nSPS) is 48.7. The smallest absolute Gasteiger partial charge is 0.155 e. The highest BCUT2D eigenvalue weighted by atomic mass is 16.3. The van der Waals surface area contributed by atoms with Gasteiger partial charge in [0.1, 0.15) is 5.60 Å². The predicted octanol–water partition coefficient (Wildman–Crippen LogP) is 3.88. The molecule has 3 fully saturated rings. The van der Waals surface area contributed by atoms with Crippen LogP contribution in [0.5, 0.6) is 0 Å². The van der Waals surface area contributed by atoms with Gasteiger partial charge in [-0.3, -0.25) is 4.79 Å². The Balaban J connectivity index is 1.67. The second-order valence-corrected chi connectivity index (χ2v) is 8.40. The van der Waals surface area contributed by atoms with E-state index in [9.17, 15) is 9.90 Å². The van der Waals surface area contributed by atoms with E-state index in [-0.39, 0.29) is 5.41 Å². The number of carbonyl (C=O) groups is 1. The van der Waals surface area contributed by atoms with E-state index in [2.05, 4.69) is 12.8 Å². The van der Waals surface area contributed by atoms with Gasteiger partial charge in [0, 0.05) is 11.8 Å². The molecular formula is C21H28O2. The van der Waals surface area contributed by atoms with Crippen LogP contribution in [0.1, 0.15) is 64.7 Å². The van der Waals surface area contributed by atoms with Crippen LogP contribution in [-0.2, 0) is 4.79 Å². The Morgan fingerprint density at radius 2 is 2.04 bits per heavy atom. The van der Waals surface area contributed by atoms with Gasteiger partial charge in [0.15, 0.2) is 5.78 Å². The molecule has 0 aromatic heterocycles. The summed E-state index contributed by atoms with van der Waals surface area (Å²) >= 11 is 0. The molecule has 0 radical (unpaired) electrons. The van der Waals surface area contributed by atoms with E-state index in [1.54, 1.807) is 0 Å². The van der Waals surface area contributed by atoms with Gasteiger partial charge in [-0.25, -0.2) is 0 Å². The average molecular weight is 312 g/mol. The Morgan fingerprint density at radius 3 is 2.78 bits per heavy atom. The van der Waals surface area contributed by atoms with Crippen molar-refractivity contribution in [2.24, 2.45) is 29.1 Å². The van der Waals surface area contributed by atoms with Crippen LogP contribution >= 0.6 is 0 Å². The fourth-order valence-electron chi connectivity index (χ4n) is 6.96. The van der Waals surface area contributed by atoms with Crippen LogP contribution in [0.15, 0.2) is 11.6 Å². The van der Waals surface area contributed by atoms with Gasteiger partial charge in [0.2, 0.25) is 0 Å². The summed E-state index contributed by atoms with van der Waals surface area (Å²) < 4.78 is 0. The third kappa shape index (κ3) is 1.96. The van der Waals surface area contributed by atoms with E-state index in [0.717, 1.165) is 44.9 Å². The number of ketones is 1. The Morgan fingerprint density at radius 1 is 1.22 bits per heavy atom. The van der Waals surface area contributed by atoms with Crippen LogP contribution in [0.3, 0.4) is 0 Å². The number of allylic oxidation sites excluding steroid dienone is 1. The van der Waals surface area contributed by atoms with Gasteiger partial charge < -0.3 is 5.11 Å². The number of hydrogen-bond donors (Lipinski definition) is 1. The molecule has 2 heteroatoms. The molecule has 0 amide bonds. The largest absolute Gasteiger partial charge is 0.377 e. The van der Waals surface area contributed by atoms with Gasteiger partial charge >= 0.3 is 0 Å². The summed E-state index contributed by atoms with van der Waals surface area (Å²) in [5.74, 6) is 5.73. The standard InChI is InChI=1S/C21H28O2/c1-3-20-11-9-17-16-8-6-15(22)13-14(16)5-7-18(17)19(20)10-12-21(20,23)4-2/h2,13,16-19,23H,3,5-12H2,1H3/t16-,17+,18+,19-,20-,21?/m1/s1. The molecule has 1 N–H and O–H groups in total. The molecule has 2 nitrogen and oxygen atoms in total. The molecule has 6 atom stereocenters. The number of fused-ring (bicyclic) bond motifs is 5. The summed E-state index contributed by atoms with van der Waals surface area (Å²) in [5.41, 5.74) is 0.474. The topological polar surface area (TPSA) is 37.3 Å². The first kappa shape index (κ1) is 15.5. The average Bonchev–Trinajstić information content (AvgIpc) is 2.88. The van der Waals surface area contributed by atoms with Gasteiger partial charge in [-0.1, -0.05) is 18.4 Å². The monoisotopic (exact) mass is 312 g/mol. The van der Waals surface area contributed by atoms with Crippen molar-refractivity contribution in [3.63, 3.8) is 0 Å². The lowest BCUT2D eigenvalue weighted by molar-refractivity contribution is -0.117. The zero-order chi connectivity index (χ0) is 16.2. The second-order valence-electron chi connectivity index (χ2n) is 8.40. The van der Waals surface area contributed by atoms with E-state index in [4.69, 9.17) is 6.42 Å². The van der Waals surface area contributed by atoms with Crippen molar-refractivity contribution in [1.82, 2.24) is 0 Å². The summed E-state index contributed by atoms with van der Waals surface area (Å²) in [6, 6.07) is 0. The maximum atomic E-state index is 11.8. The summed E-state index contributed by atoms with van der Waals surface area (Å²) in [7, 11) is 0. The molecule has 0 bridgehead atoms. The van der Waals surface area contributed by atoms with Gasteiger partial charge in [-0.05, 0) is 81.1 Å². The van der Waals surface area contributed by atoms with Crippen molar-refractivity contribution in [3.8, 4) is 12.3 Å². The Kier molecular flexibility index (Phi) is 3.50. The molecule has 124 valence electrons. The minimum absolute atomic E-state index is 0.0609. The lowest BCUT2D eigenvalue weighted by Crippen LogP contribution is -2.53. The van der Waals surface area contributed by atoms with E-state index in [1.165, 1.54) is 18.4 Å². The molecule has 1 unspecified atom stereocenters. The highest BCUT2D eigenvalue weighted by Gasteiger charge is 2.63. The van der Waals surface area contributed by atoms with E-state index < -0.39 is 5.60 Å². The number of hydrogen-bond acceptors (Lipinski definition) is 2. The van der Waals surface area contributed by atoms with Crippen molar-refractivity contribution >= 4 is 5.78 Å². The fraction of sp³-hybridized carbons (Fsp3) is 0.762. The SMILES string of the molecule is C#CC1(O)CC[C@@H]2[C@H]3CCC4=CC(=O)CC[C@H]4[C@@H]3CC[C@]21CC. The molecule has 4 rings (SSSR count). The van der Waals surface area contributed by atoms with Crippen molar-refractivity contribution in [1.29, 1.82) is 0 Å². The van der Waals surface area contributed by atoms with Gasteiger partial charge in [-0.2, -0.15) is 0 Å². The Bertz CT molecular complexity index is 597. The van der Waals surface area contributed by atoms with Crippen molar-refractivity contribution < 1.29 is 9.90 Å². The lowest BCUT2D eigenvalue weighted by Gasteiger charge is -2.55. The summed E-state index contributed by atoms with van der Waals surface area (Å²) in [6.07, 6.45) is 16.9. The van der Waals surface area contributed by atoms with Crippen LogP contribution in [0.25, 0.3) is 0 Å². The fourth-order valence-corrected chi connectivity index (χ4v) is 6.96. The Hall–Kier alpha value is -1.07. The van der Waals surface area contributed by atoms with Crippen LogP contribution in [0, 0.1) is 41.4 Å². The molecule has 4 aliphatic carbocycles. The predicted molar refractivity (Wildman–Crippen MR) is 90.5 cm³/mol. The quantitative estimate of drug-likeness (QED) is 0.746. The molecule has 0 saturated heterocycles. The van der Waals surface area contributed by atoms with Crippen molar-refractivity contribution in [2.45, 2.75) is 70.3 Å². The summed E-state index contributed by atoms with van der Waals surface area (Å²) in [5, 5.41) is 11.1. The van der Waals surface area contributed by atoms with Gasteiger partial charge in [0.25, 0.3) is 0 Å². The number of aliphatic hydroxyl groups is 1. The molecule has 0 spiro atoms. The third-order valence-electron chi connectivity index (χ3n) is 8.02. The first-order valence-electron chi connectivity index (χ1n) is 9.48. The van der Waals surface area contributed by atoms with Crippen LogP contribution in [0.4, 0.5) is 0 Å². The van der Waals surface area contributed by atoms with Crippen LogP contribution < -0.4 is 0 Å². The van der Waals surface area contributed by atoms with Crippen molar-refractivity contribution in [2.75, 3.05) is 0 Å². The minimum Gasteiger partial charge on any atom is -0.377 e. The van der Waals surface area contributed by atoms with E-state index >= 15 is 0 Å². The van der Waals surface area contributed by atoms with E-state index in [1.807, 2.05) is 6.08 Å². The molecule has 0 heterocycles. The molecule has 0 aromatic carbocycles. The lowest BCUT2D eigenvalue weighted by atomic mass is 9.49. The molecule has 4 aliphatic rings. The second kappa shape index (κ2) is 5.21. The van der Waals surface area contributed by atoms with Crippen LogP contribution in [0.2, 0.25) is 0 Å². The maximum absolute atomic E-state index is 11.8. The zero-order valence-electron chi connectivity index (χ0n) is 14.2. The Labute approximate surface area is 139 Å². The zero-order valence-corrected chi connectivity index (χ0v) is 14.2. The van der Waals surface area contributed by atoms with Gasteiger partial charge in [-0.15, -0.1) is 6.42 Å². The third-order valence-corrected chi connectivity index (χ3v) is 8.02. The molecular weight excluding hydrogens is 284 g/mol. The maximum Gasteiger partial charge on any atom is 0.155 e. The first-order chi connectivity index (χ1) is 11.0. The minimum atomic E-state index is -0.893. The molecule has 23 heavy (non-hydrogen) atoms. The highest BCUT2D eigenvalue weighted by molar-refractivity contribution is 5.91. The van der Waals surface area contributed by atoms with E-state index in [0.29, 0.717) is 29.5 Å². The number of carbonyl (C=O) groups excluding carboxylic acids is 1. The molecule has 3 saturated carbocycles. The number of rotatable bonds is 1. The number of terminal acetylenes is 1. The summed E-state index contributed by atoms with van der Waals surface area (Å²) in [6.45, 7) is 2.22. The highest BCUT2D eigenvalue weighted by Crippen LogP contribution is 2.66. The first-order valence-corrected chi connectivity index (χ1v) is 9.48. The molecule has 0 aromatic rings. The molecule has 0 aliphatic heterocycles. The van der Waals surface area contributed by atoms with Gasteiger partial charge in [0.05, 0.1) is 0 Å². The van der Waals surface area contributed by atoms with Crippen LogP contribution in [-0.4, -0.2) is 16.5 Å². The summed E-state index contributed by atoms with van der Waals surface area (Å²) in [4.78, 5) is 11.8. The van der Waals surface area contributed by atoms with Crippen molar-refractivity contribution in [3.05, 3.63) is 11.6 Å².